The third-order valence-electron chi connectivity index (χ3n) is 5.23. The van der Waals surface area contributed by atoms with E-state index in [4.69, 9.17) is 16.0 Å². The van der Waals surface area contributed by atoms with Crippen LogP contribution in [0.15, 0.2) is 45.7 Å². The summed E-state index contributed by atoms with van der Waals surface area (Å²) in [6.07, 6.45) is 4.08. The molecule has 4 aromatic rings. The minimum absolute atomic E-state index is 0. The summed E-state index contributed by atoms with van der Waals surface area (Å²) in [5.41, 5.74) is 2.92. The van der Waals surface area contributed by atoms with Crippen molar-refractivity contribution in [1.29, 1.82) is 0 Å². The first-order valence-electron chi connectivity index (χ1n) is 9.56. The van der Waals surface area contributed by atoms with E-state index >= 15 is 0 Å². The van der Waals surface area contributed by atoms with Crippen LogP contribution in [0.1, 0.15) is 35.9 Å². The van der Waals surface area contributed by atoms with Crippen molar-refractivity contribution in [2.45, 2.75) is 25.2 Å². The summed E-state index contributed by atoms with van der Waals surface area (Å²) >= 11 is 6.04. The van der Waals surface area contributed by atoms with Crippen molar-refractivity contribution >= 4 is 29.7 Å². The third-order valence-corrected chi connectivity index (χ3v) is 5.47. The maximum absolute atomic E-state index is 12.3. The molecule has 1 aliphatic heterocycles. The third kappa shape index (κ3) is 3.98. The highest BCUT2D eigenvalue weighted by atomic mass is 35.5. The zero-order chi connectivity index (χ0) is 19.8. The molecule has 1 aromatic carbocycles. The molecule has 0 spiro atoms. The summed E-state index contributed by atoms with van der Waals surface area (Å²) in [6, 6.07) is 9.16. The Morgan fingerprint density at radius 1 is 1.20 bits per heavy atom. The minimum Gasteiger partial charge on any atom is -0.420 e. The first kappa shape index (κ1) is 20.6. The van der Waals surface area contributed by atoms with Crippen LogP contribution in [0.3, 0.4) is 0 Å². The molecule has 4 heterocycles. The summed E-state index contributed by atoms with van der Waals surface area (Å²) in [4.78, 5) is 15.2. The Bertz CT molecular complexity index is 1230. The van der Waals surface area contributed by atoms with E-state index in [1.807, 2.05) is 24.3 Å². The number of H-pyrrole nitrogens is 1. The van der Waals surface area contributed by atoms with Gasteiger partial charge in [0.2, 0.25) is 5.89 Å². The van der Waals surface area contributed by atoms with E-state index < -0.39 is 0 Å². The molecule has 0 atom stereocenters. The quantitative estimate of drug-likeness (QED) is 0.498. The molecule has 1 fully saturated rings. The van der Waals surface area contributed by atoms with Crippen molar-refractivity contribution in [2.24, 2.45) is 0 Å². The van der Waals surface area contributed by atoms with Gasteiger partial charge in [-0.05, 0) is 43.6 Å². The number of aromatic nitrogens is 5. The average Bonchev–Trinajstić information content (AvgIpc) is 3.35. The monoisotopic (exact) mass is 446 g/mol. The van der Waals surface area contributed by atoms with Crippen LogP contribution in [0.5, 0.6) is 0 Å². The maximum Gasteiger partial charge on any atom is 0.253 e. The average molecular weight is 447 g/mol. The smallest absolute Gasteiger partial charge is 0.253 e. The number of benzene rings is 1. The van der Waals surface area contributed by atoms with Gasteiger partial charge in [-0.3, -0.25) is 4.79 Å². The van der Waals surface area contributed by atoms with E-state index in [0.29, 0.717) is 34.4 Å². The topological polar surface area (TPSA) is 101 Å². The summed E-state index contributed by atoms with van der Waals surface area (Å²) in [7, 11) is 0. The number of piperidine rings is 1. The standard InChI is InChI=1S/C20H19ClN6O2.ClH/c21-14-3-1-2-12(8-14)9-18-25-26-20(29-18)15-11-23-27-16(10-17(28)24-19(15)27)13-4-6-22-7-5-13;/h1-3,8,10-11,13,22H,4-7,9H2,(H,24,28);1H. The van der Waals surface area contributed by atoms with Gasteiger partial charge in [0.15, 0.2) is 0 Å². The number of nitrogens with one attached hydrogen (secondary N) is 2. The van der Waals surface area contributed by atoms with Gasteiger partial charge in [0.25, 0.3) is 11.4 Å². The zero-order valence-corrected chi connectivity index (χ0v) is 17.5. The van der Waals surface area contributed by atoms with E-state index in [0.717, 1.165) is 37.2 Å². The summed E-state index contributed by atoms with van der Waals surface area (Å²) in [5, 5.41) is 16.8. The van der Waals surface area contributed by atoms with Gasteiger partial charge < -0.3 is 14.7 Å². The van der Waals surface area contributed by atoms with Crippen LogP contribution >= 0.6 is 24.0 Å². The van der Waals surface area contributed by atoms with Crippen LogP contribution in [0, 0.1) is 0 Å². The molecular formula is C20H20Cl2N6O2. The Morgan fingerprint density at radius 2 is 2.03 bits per heavy atom. The number of hydrogen-bond donors (Lipinski definition) is 2. The normalized spacial score (nSPS) is 14.7. The molecule has 10 heteroatoms. The predicted molar refractivity (Wildman–Crippen MR) is 115 cm³/mol. The molecule has 156 valence electrons. The van der Waals surface area contributed by atoms with Gasteiger partial charge in [0, 0.05) is 17.0 Å². The van der Waals surface area contributed by atoms with Crippen LogP contribution in [0.2, 0.25) is 5.02 Å². The number of halogens is 2. The fourth-order valence-corrected chi connectivity index (χ4v) is 4.05. The molecule has 1 aliphatic rings. The van der Waals surface area contributed by atoms with Gasteiger partial charge >= 0.3 is 0 Å². The van der Waals surface area contributed by atoms with Crippen molar-refractivity contribution < 1.29 is 4.42 Å². The minimum atomic E-state index is -0.161. The Labute approximate surface area is 183 Å². The molecule has 3 aromatic heterocycles. The summed E-state index contributed by atoms with van der Waals surface area (Å²) < 4.78 is 7.64. The molecule has 0 radical (unpaired) electrons. The van der Waals surface area contributed by atoms with Gasteiger partial charge in [-0.1, -0.05) is 23.7 Å². The van der Waals surface area contributed by atoms with Gasteiger partial charge in [-0.25, -0.2) is 4.52 Å². The molecule has 0 saturated carbocycles. The van der Waals surface area contributed by atoms with Crippen LogP contribution in [-0.4, -0.2) is 37.9 Å². The predicted octanol–water partition coefficient (Wildman–Crippen LogP) is 3.21. The van der Waals surface area contributed by atoms with Crippen LogP contribution in [0.4, 0.5) is 0 Å². The Morgan fingerprint density at radius 3 is 2.83 bits per heavy atom. The molecule has 0 unspecified atom stereocenters. The highest BCUT2D eigenvalue weighted by Gasteiger charge is 2.22. The second-order valence-electron chi connectivity index (χ2n) is 7.21. The van der Waals surface area contributed by atoms with E-state index in [1.165, 1.54) is 0 Å². The Balaban J connectivity index is 0.00000218. The second-order valence-corrected chi connectivity index (χ2v) is 7.65. The van der Waals surface area contributed by atoms with Gasteiger partial charge in [-0.15, -0.1) is 22.6 Å². The zero-order valence-electron chi connectivity index (χ0n) is 16.0. The fraction of sp³-hybridized carbons (Fsp3) is 0.300. The lowest BCUT2D eigenvalue weighted by atomic mass is 9.94. The maximum atomic E-state index is 12.3. The Kier molecular flexibility index (Phi) is 5.90. The highest BCUT2D eigenvalue weighted by Crippen LogP contribution is 2.28. The van der Waals surface area contributed by atoms with Crippen molar-refractivity contribution in [3.05, 3.63) is 69.1 Å². The van der Waals surface area contributed by atoms with Crippen molar-refractivity contribution in [1.82, 2.24) is 30.1 Å². The van der Waals surface area contributed by atoms with Crippen LogP contribution in [0.25, 0.3) is 17.1 Å². The van der Waals surface area contributed by atoms with Gasteiger partial charge in [0.1, 0.15) is 11.2 Å². The lowest BCUT2D eigenvalue weighted by Crippen LogP contribution is -2.28. The number of rotatable bonds is 4. The highest BCUT2D eigenvalue weighted by molar-refractivity contribution is 6.30. The van der Waals surface area contributed by atoms with Crippen molar-refractivity contribution in [3.8, 4) is 11.5 Å². The van der Waals surface area contributed by atoms with Gasteiger partial charge in [0.05, 0.1) is 18.3 Å². The van der Waals surface area contributed by atoms with E-state index in [9.17, 15) is 4.79 Å². The largest absolute Gasteiger partial charge is 0.420 e. The van der Waals surface area contributed by atoms with E-state index in [2.05, 4.69) is 25.6 Å². The number of nitrogens with zero attached hydrogens (tertiary/aromatic N) is 4. The first-order valence-corrected chi connectivity index (χ1v) is 9.94. The summed E-state index contributed by atoms with van der Waals surface area (Å²) in [6.45, 7) is 1.87. The fourth-order valence-electron chi connectivity index (χ4n) is 3.83. The molecular weight excluding hydrogens is 427 g/mol. The van der Waals surface area contributed by atoms with E-state index in [-0.39, 0.29) is 23.9 Å². The molecule has 0 amide bonds. The molecule has 1 saturated heterocycles. The first-order chi connectivity index (χ1) is 14.2. The molecule has 30 heavy (non-hydrogen) atoms. The Hall–Kier alpha value is -2.68. The van der Waals surface area contributed by atoms with E-state index in [1.54, 1.807) is 16.8 Å². The molecule has 2 N–H and O–H groups in total. The van der Waals surface area contributed by atoms with Crippen LogP contribution < -0.4 is 10.9 Å². The molecule has 0 aliphatic carbocycles. The number of aromatic amines is 1. The van der Waals surface area contributed by atoms with Crippen LogP contribution in [-0.2, 0) is 6.42 Å². The molecule has 8 nitrogen and oxygen atoms in total. The molecule has 5 rings (SSSR count). The number of hydrogen-bond acceptors (Lipinski definition) is 6. The number of fused-ring (bicyclic) bond motifs is 1. The molecule has 0 bridgehead atoms. The lowest BCUT2D eigenvalue weighted by Gasteiger charge is -2.23. The lowest BCUT2D eigenvalue weighted by molar-refractivity contribution is 0.446. The van der Waals surface area contributed by atoms with Gasteiger partial charge in [-0.2, -0.15) is 5.10 Å². The second kappa shape index (κ2) is 8.59. The van der Waals surface area contributed by atoms with Crippen molar-refractivity contribution in [3.63, 3.8) is 0 Å². The van der Waals surface area contributed by atoms with Crippen molar-refractivity contribution in [2.75, 3.05) is 13.1 Å². The SMILES string of the molecule is Cl.O=c1cc(C2CCNCC2)n2ncc(-c3nnc(Cc4cccc(Cl)c4)o3)c2[nH]1. The summed E-state index contributed by atoms with van der Waals surface area (Å²) in [5.74, 6) is 1.09.